The molecule has 0 aliphatic carbocycles. The summed E-state index contributed by atoms with van der Waals surface area (Å²) in [5.74, 6) is 0.420. The van der Waals surface area contributed by atoms with E-state index < -0.39 is 0 Å². The molecule has 3 nitrogen and oxygen atoms in total. The van der Waals surface area contributed by atoms with Gasteiger partial charge >= 0.3 is 0 Å². The van der Waals surface area contributed by atoms with Crippen molar-refractivity contribution >= 4 is 0 Å². The van der Waals surface area contributed by atoms with E-state index in [1.54, 1.807) is 0 Å². The summed E-state index contributed by atoms with van der Waals surface area (Å²) in [6, 6.07) is 0. The third-order valence-corrected chi connectivity index (χ3v) is 2.68. The van der Waals surface area contributed by atoms with Crippen LogP contribution in [-0.4, -0.2) is 37.0 Å². The van der Waals surface area contributed by atoms with Gasteiger partial charge in [-0.05, 0) is 19.8 Å². The fraction of sp³-hybridized carbons (Fsp3) is 1.00. The minimum Gasteiger partial charge on any atom is -0.392 e. The van der Waals surface area contributed by atoms with Crippen LogP contribution in [0, 0.1) is 5.92 Å². The van der Waals surface area contributed by atoms with Crippen LogP contribution in [0.25, 0.3) is 0 Å². The van der Waals surface area contributed by atoms with Crippen LogP contribution in [0.3, 0.4) is 0 Å². The lowest BCUT2D eigenvalue weighted by atomic mass is 9.97. The summed E-state index contributed by atoms with van der Waals surface area (Å²) >= 11 is 0. The molecule has 0 aromatic rings. The van der Waals surface area contributed by atoms with Crippen LogP contribution >= 0.6 is 0 Å². The van der Waals surface area contributed by atoms with Crippen molar-refractivity contribution in [2.45, 2.75) is 52.7 Å². The zero-order valence-corrected chi connectivity index (χ0v) is 10.6. The predicted molar refractivity (Wildman–Crippen MR) is 64.0 cm³/mol. The van der Waals surface area contributed by atoms with Gasteiger partial charge in [-0.3, -0.25) is 0 Å². The first kappa shape index (κ1) is 14.9. The molecule has 0 rings (SSSR count). The first-order valence-electron chi connectivity index (χ1n) is 6.12. The van der Waals surface area contributed by atoms with E-state index in [0.717, 1.165) is 19.4 Å². The molecule has 15 heavy (non-hydrogen) atoms. The van der Waals surface area contributed by atoms with E-state index in [-0.39, 0.29) is 12.2 Å². The maximum atomic E-state index is 9.81. The van der Waals surface area contributed by atoms with Crippen LogP contribution in [0.4, 0.5) is 0 Å². The average molecular weight is 217 g/mol. The number of hydrogen-bond acceptors (Lipinski definition) is 3. The van der Waals surface area contributed by atoms with E-state index in [2.05, 4.69) is 19.2 Å². The minimum atomic E-state index is -0.223. The Morgan fingerprint density at radius 2 is 1.80 bits per heavy atom. The number of nitrogens with one attached hydrogen (secondary N) is 1. The van der Waals surface area contributed by atoms with Gasteiger partial charge in [0.05, 0.1) is 18.8 Å². The van der Waals surface area contributed by atoms with Crippen molar-refractivity contribution in [3.63, 3.8) is 0 Å². The van der Waals surface area contributed by atoms with Crippen molar-refractivity contribution in [1.82, 2.24) is 5.32 Å². The Labute approximate surface area is 94.2 Å². The molecule has 1 unspecified atom stereocenters. The number of aliphatic hydroxyl groups excluding tert-OH is 1. The molecule has 0 aliphatic rings. The lowest BCUT2D eigenvalue weighted by Gasteiger charge is -2.20. The molecule has 0 aliphatic heterocycles. The summed E-state index contributed by atoms with van der Waals surface area (Å²) < 4.78 is 5.39. The van der Waals surface area contributed by atoms with Gasteiger partial charge in [-0.1, -0.05) is 26.7 Å². The fourth-order valence-electron chi connectivity index (χ4n) is 1.62. The van der Waals surface area contributed by atoms with E-state index >= 15 is 0 Å². The van der Waals surface area contributed by atoms with Gasteiger partial charge in [0.2, 0.25) is 0 Å². The Bertz CT molecular complexity index is 136. The number of hydrogen-bond donors (Lipinski definition) is 2. The molecule has 1 atom stereocenters. The zero-order valence-electron chi connectivity index (χ0n) is 10.6. The lowest BCUT2D eigenvalue weighted by molar-refractivity contribution is 0.0717. The Morgan fingerprint density at radius 1 is 1.20 bits per heavy atom. The molecule has 92 valence electrons. The maximum Gasteiger partial charge on any atom is 0.0692 e. The van der Waals surface area contributed by atoms with Crippen LogP contribution in [-0.2, 0) is 4.74 Å². The van der Waals surface area contributed by atoms with Crippen LogP contribution in [0.1, 0.15) is 40.5 Å². The van der Waals surface area contributed by atoms with Crippen LogP contribution < -0.4 is 5.32 Å². The molecule has 2 N–H and O–H groups in total. The predicted octanol–water partition coefficient (Wildman–Crippen LogP) is 1.80. The second-order valence-electron chi connectivity index (χ2n) is 4.27. The van der Waals surface area contributed by atoms with Crippen molar-refractivity contribution in [1.29, 1.82) is 0 Å². The summed E-state index contributed by atoms with van der Waals surface area (Å²) in [6.07, 6.45) is 2.15. The SMILES string of the molecule is CCC(CC)C(O)CNCCOC(C)C. The summed E-state index contributed by atoms with van der Waals surface area (Å²) in [4.78, 5) is 0. The van der Waals surface area contributed by atoms with Gasteiger partial charge in [-0.15, -0.1) is 0 Å². The highest BCUT2D eigenvalue weighted by Gasteiger charge is 2.14. The summed E-state index contributed by atoms with van der Waals surface area (Å²) in [6.45, 7) is 10.5. The molecule has 0 bridgehead atoms. The minimum absolute atomic E-state index is 0.223. The molecular formula is C12H27NO2. The van der Waals surface area contributed by atoms with Gasteiger partial charge in [0.15, 0.2) is 0 Å². The first-order valence-corrected chi connectivity index (χ1v) is 6.12. The largest absolute Gasteiger partial charge is 0.392 e. The van der Waals surface area contributed by atoms with Gasteiger partial charge < -0.3 is 15.2 Å². The van der Waals surface area contributed by atoms with Gasteiger partial charge in [0.25, 0.3) is 0 Å². The number of ether oxygens (including phenoxy) is 1. The van der Waals surface area contributed by atoms with Crippen molar-refractivity contribution in [2.75, 3.05) is 19.7 Å². The normalized spacial score (nSPS) is 13.8. The molecule has 0 amide bonds. The van der Waals surface area contributed by atoms with Gasteiger partial charge in [-0.2, -0.15) is 0 Å². The van der Waals surface area contributed by atoms with Crippen molar-refractivity contribution in [3.8, 4) is 0 Å². The fourth-order valence-corrected chi connectivity index (χ4v) is 1.62. The third-order valence-electron chi connectivity index (χ3n) is 2.68. The standard InChI is InChI=1S/C12H27NO2/c1-5-11(6-2)12(14)9-13-7-8-15-10(3)4/h10-14H,5-9H2,1-4H3. The zero-order chi connectivity index (χ0) is 11.7. The summed E-state index contributed by atoms with van der Waals surface area (Å²) in [7, 11) is 0. The highest BCUT2D eigenvalue weighted by atomic mass is 16.5. The van der Waals surface area contributed by atoms with Crippen LogP contribution in [0.2, 0.25) is 0 Å². The summed E-state index contributed by atoms with van der Waals surface area (Å²) in [5, 5.41) is 13.0. The van der Waals surface area contributed by atoms with Gasteiger partial charge in [0, 0.05) is 13.1 Å². The molecule has 0 heterocycles. The highest BCUT2D eigenvalue weighted by molar-refractivity contribution is 4.68. The third kappa shape index (κ3) is 7.77. The Hall–Kier alpha value is -0.120. The second kappa shape index (κ2) is 9.13. The van der Waals surface area contributed by atoms with Crippen molar-refractivity contribution in [3.05, 3.63) is 0 Å². The lowest BCUT2D eigenvalue weighted by Crippen LogP contribution is -2.34. The molecule has 0 spiro atoms. The van der Waals surface area contributed by atoms with Gasteiger partial charge in [0.1, 0.15) is 0 Å². The topological polar surface area (TPSA) is 41.5 Å². The van der Waals surface area contributed by atoms with Crippen LogP contribution in [0.15, 0.2) is 0 Å². The number of rotatable bonds is 9. The van der Waals surface area contributed by atoms with Crippen molar-refractivity contribution in [2.24, 2.45) is 5.92 Å². The Morgan fingerprint density at radius 3 is 2.27 bits per heavy atom. The smallest absolute Gasteiger partial charge is 0.0692 e. The molecule has 0 radical (unpaired) electrons. The Balaban J connectivity index is 3.41. The van der Waals surface area contributed by atoms with Gasteiger partial charge in [-0.25, -0.2) is 0 Å². The van der Waals surface area contributed by atoms with E-state index in [0.29, 0.717) is 19.1 Å². The molecule has 0 aromatic carbocycles. The molecule has 0 saturated heterocycles. The molecule has 0 aromatic heterocycles. The summed E-state index contributed by atoms with van der Waals surface area (Å²) in [5.41, 5.74) is 0. The van der Waals surface area contributed by atoms with E-state index in [1.165, 1.54) is 0 Å². The monoisotopic (exact) mass is 217 g/mol. The van der Waals surface area contributed by atoms with Crippen molar-refractivity contribution < 1.29 is 9.84 Å². The highest BCUT2D eigenvalue weighted by Crippen LogP contribution is 2.11. The maximum absolute atomic E-state index is 9.81. The van der Waals surface area contributed by atoms with E-state index in [9.17, 15) is 5.11 Å². The molecule has 0 saturated carbocycles. The first-order chi connectivity index (χ1) is 7.11. The molecular weight excluding hydrogens is 190 g/mol. The molecule has 0 fully saturated rings. The molecule has 3 heteroatoms. The quantitative estimate of drug-likeness (QED) is 0.579. The van der Waals surface area contributed by atoms with Crippen LogP contribution in [0.5, 0.6) is 0 Å². The number of aliphatic hydroxyl groups is 1. The Kier molecular flexibility index (Phi) is 9.06. The van der Waals surface area contributed by atoms with E-state index in [4.69, 9.17) is 4.74 Å². The average Bonchev–Trinajstić information content (AvgIpc) is 2.18. The van der Waals surface area contributed by atoms with E-state index in [1.807, 2.05) is 13.8 Å². The second-order valence-corrected chi connectivity index (χ2v) is 4.27.